The molecule has 2 aliphatic heterocycles. The monoisotopic (exact) mass is 545 g/mol. The molecule has 1 amide bonds. The number of β-amino-alcohol motifs (C(OH)–C–C–N with tert-alkyl or cyclic N) is 1. The van der Waals surface area contributed by atoms with Crippen LogP contribution in [0.2, 0.25) is 0 Å². The largest absolute Gasteiger partial charge is 0.444 e. The minimum absolute atomic E-state index is 0. The molecule has 0 aromatic heterocycles. The molecule has 0 aliphatic carbocycles. The maximum atomic E-state index is 12.2. The van der Waals surface area contributed by atoms with Crippen LogP contribution in [-0.4, -0.2) is 82.8 Å². The summed E-state index contributed by atoms with van der Waals surface area (Å²) in [5.74, 6) is 0.505. The summed E-state index contributed by atoms with van der Waals surface area (Å²) < 4.78 is 5.44. The van der Waals surface area contributed by atoms with Crippen molar-refractivity contribution < 1.29 is 14.6 Å². The Hall–Kier alpha value is -1.59. The lowest BCUT2D eigenvalue weighted by Crippen LogP contribution is -2.53. The van der Waals surface area contributed by atoms with Crippen molar-refractivity contribution >= 4 is 36.0 Å². The highest BCUT2D eigenvalue weighted by Crippen LogP contribution is 2.17. The third kappa shape index (κ3) is 7.80. The molecule has 0 radical (unpaired) electrons. The van der Waals surface area contributed by atoms with Crippen molar-refractivity contribution in [2.24, 2.45) is 10.7 Å². The lowest BCUT2D eigenvalue weighted by molar-refractivity contribution is 0.0186. The minimum atomic E-state index is -0.491. The molecule has 3 rings (SSSR count). The van der Waals surface area contributed by atoms with Gasteiger partial charge >= 0.3 is 6.09 Å². The van der Waals surface area contributed by atoms with E-state index in [9.17, 15) is 9.90 Å². The van der Waals surface area contributed by atoms with Gasteiger partial charge in [0.25, 0.3) is 0 Å². The number of aliphatic hydroxyl groups is 1. The summed E-state index contributed by atoms with van der Waals surface area (Å²) in [5.41, 5.74) is 8.13. The summed E-state index contributed by atoms with van der Waals surface area (Å²) >= 11 is 0. The topological polar surface area (TPSA) is 94.6 Å². The van der Waals surface area contributed by atoms with Crippen molar-refractivity contribution in [3.63, 3.8) is 0 Å². The number of hydrogen-bond donors (Lipinski definition) is 2. The van der Waals surface area contributed by atoms with Crippen LogP contribution in [0.15, 0.2) is 29.3 Å². The summed E-state index contributed by atoms with van der Waals surface area (Å²) in [6, 6.07) is 8.25. The number of guanidine groups is 1. The fraction of sp³-hybridized carbons (Fsp3) is 0.636. The van der Waals surface area contributed by atoms with Gasteiger partial charge in [-0.05, 0) is 38.3 Å². The molecule has 1 aromatic rings. The van der Waals surface area contributed by atoms with E-state index in [1.807, 2.05) is 37.8 Å². The lowest BCUT2D eigenvalue weighted by Gasteiger charge is -2.36. The molecule has 2 heterocycles. The van der Waals surface area contributed by atoms with Gasteiger partial charge in [-0.3, -0.25) is 4.90 Å². The van der Waals surface area contributed by atoms with Crippen molar-refractivity contribution in [3.05, 3.63) is 35.4 Å². The summed E-state index contributed by atoms with van der Waals surface area (Å²) in [6.45, 7) is 11.0. The Balaban J connectivity index is 0.00000341. The van der Waals surface area contributed by atoms with Gasteiger partial charge < -0.3 is 25.4 Å². The van der Waals surface area contributed by atoms with Crippen LogP contribution in [0.5, 0.6) is 0 Å². The van der Waals surface area contributed by atoms with Gasteiger partial charge in [-0.25, -0.2) is 9.79 Å². The van der Waals surface area contributed by atoms with Gasteiger partial charge in [-0.1, -0.05) is 24.3 Å². The third-order valence-electron chi connectivity index (χ3n) is 5.43. The molecule has 2 aliphatic rings. The predicted octanol–water partition coefficient (Wildman–Crippen LogP) is 2.24. The number of halogens is 1. The zero-order chi connectivity index (χ0) is 21.7. The second kappa shape index (κ2) is 11.3. The highest BCUT2D eigenvalue weighted by molar-refractivity contribution is 14.0. The Morgan fingerprint density at radius 3 is 2.32 bits per heavy atom. The minimum Gasteiger partial charge on any atom is -0.444 e. The number of rotatable bonds is 4. The molecular formula is C22H36IN5O3. The van der Waals surface area contributed by atoms with Crippen molar-refractivity contribution in [2.75, 3.05) is 39.3 Å². The molecule has 2 saturated heterocycles. The van der Waals surface area contributed by atoms with Crippen molar-refractivity contribution in [1.29, 1.82) is 0 Å². The molecule has 2 fully saturated rings. The highest BCUT2D eigenvalue weighted by Gasteiger charge is 2.26. The maximum absolute atomic E-state index is 12.2. The molecule has 3 N–H and O–H groups in total. The first-order valence-corrected chi connectivity index (χ1v) is 10.7. The van der Waals surface area contributed by atoms with Crippen molar-refractivity contribution in [2.45, 2.75) is 52.0 Å². The summed E-state index contributed by atoms with van der Waals surface area (Å²) in [6.07, 6.45) is 0.339. The second-order valence-corrected chi connectivity index (χ2v) is 9.08. The van der Waals surface area contributed by atoms with Gasteiger partial charge in [0.05, 0.1) is 12.6 Å². The number of piperazine rings is 1. The first-order valence-electron chi connectivity index (χ1n) is 10.7. The van der Waals surface area contributed by atoms with E-state index in [-0.39, 0.29) is 36.2 Å². The van der Waals surface area contributed by atoms with Gasteiger partial charge in [-0.15, -0.1) is 24.0 Å². The quantitative estimate of drug-likeness (QED) is 0.343. The van der Waals surface area contributed by atoms with Gasteiger partial charge in [0.1, 0.15) is 5.60 Å². The van der Waals surface area contributed by atoms with E-state index < -0.39 is 5.60 Å². The average molecular weight is 545 g/mol. The Kier molecular flexibility index (Phi) is 9.38. The number of carbonyl (C=O) groups excluding carboxylic acids is 1. The number of aliphatic hydroxyl groups excluding tert-OH is 1. The van der Waals surface area contributed by atoms with Crippen LogP contribution in [0.1, 0.15) is 38.3 Å². The second-order valence-electron chi connectivity index (χ2n) is 9.08. The van der Waals surface area contributed by atoms with E-state index in [4.69, 9.17) is 10.5 Å². The zero-order valence-electron chi connectivity index (χ0n) is 18.8. The predicted molar refractivity (Wildman–Crippen MR) is 132 cm³/mol. The van der Waals surface area contributed by atoms with Crippen molar-refractivity contribution in [1.82, 2.24) is 14.7 Å². The van der Waals surface area contributed by atoms with Crippen LogP contribution in [0, 0.1) is 0 Å². The Morgan fingerprint density at radius 1 is 1.13 bits per heavy atom. The zero-order valence-corrected chi connectivity index (χ0v) is 21.1. The van der Waals surface area contributed by atoms with E-state index in [0.717, 1.165) is 31.6 Å². The maximum Gasteiger partial charge on any atom is 0.410 e. The van der Waals surface area contributed by atoms with Crippen LogP contribution in [0.4, 0.5) is 4.79 Å². The normalized spacial score (nSPS) is 20.5. The molecule has 1 atom stereocenters. The van der Waals surface area contributed by atoms with Crippen LogP contribution < -0.4 is 5.73 Å². The molecule has 31 heavy (non-hydrogen) atoms. The van der Waals surface area contributed by atoms with Gasteiger partial charge in [-0.2, -0.15) is 0 Å². The van der Waals surface area contributed by atoms with Crippen LogP contribution in [-0.2, 0) is 17.8 Å². The number of likely N-dealkylation sites (tertiary alicyclic amines) is 1. The number of aliphatic imine (C=N–C) groups is 1. The van der Waals surface area contributed by atoms with Crippen LogP contribution in [0.25, 0.3) is 0 Å². The van der Waals surface area contributed by atoms with Crippen LogP contribution >= 0.6 is 24.0 Å². The molecule has 9 heteroatoms. The number of benzene rings is 1. The van der Waals surface area contributed by atoms with Crippen molar-refractivity contribution in [3.8, 4) is 0 Å². The van der Waals surface area contributed by atoms with E-state index in [1.165, 1.54) is 5.56 Å². The van der Waals surface area contributed by atoms with E-state index in [0.29, 0.717) is 38.7 Å². The Bertz CT molecular complexity index is 760. The number of ether oxygens (including phenoxy) is 1. The Labute approximate surface area is 202 Å². The number of hydrogen-bond acceptors (Lipinski definition) is 5. The molecule has 0 saturated carbocycles. The number of nitrogens with two attached hydrogens (primary N) is 1. The van der Waals surface area contributed by atoms with Gasteiger partial charge in [0, 0.05) is 45.8 Å². The SMILES string of the molecule is CC(C)(C)OC(=O)N1CCN(C(N)=NCc2ccccc2CN2CCC(O)C2)CC1.I. The van der Waals surface area contributed by atoms with E-state index in [2.05, 4.69) is 22.0 Å². The van der Waals surface area contributed by atoms with E-state index in [1.54, 1.807) is 4.90 Å². The summed E-state index contributed by atoms with van der Waals surface area (Å²) in [4.78, 5) is 22.8. The molecular weight excluding hydrogens is 509 g/mol. The number of carbonyl (C=O) groups is 1. The first-order chi connectivity index (χ1) is 14.2. The third-order valence-corrected chi connectivity index (χ3v) is 5.43. The summed E-state index contributed by atoms with van der Waals surface area (Å²) in [5, 5.41) is 9.76. The molecule has 174 valence electrons. The van der Waals surface area contributed by atoms with Gasteiger partial charge in [0.2, 0.25) is 0 Å². The molecule has 0 bridgehead atoms. The smallest absolute Gasteiger partial charge is 0.410 e. The Morgan fingerprint density at radius 2 is 1.74 bits per heavy atom. The molecule has 8 nitrogen and oxygen atoms in total. The lowest BCUT2D eigenvalue weighted by atomic mass is 10.1. The summed E-state index contributed by atoms with van der Waals surface area (Å²) in [7, 11) is 0. The highest BCUT2D eigenvalue weighted by atomic mass is 127. The molecule has 1 aromatic carbocycles. The number of amides is 1. The van der Waals surface area contributed by atoms with E-state index >= 15 is 0 Å². The average Bonchev–Trinajstić information content (AvgIpc) is 3.10. The fourth-order valence-corrected chi connectivity index (χ4v) is 3.77. The van der Waals surface area contributed by atoms with Gasteiger partial charge in [0.15, 0.2) is 5.96 Å². The molecule has 1 unspecified atom stereocenters. The standard InChI is InChI=1S/C22H35N5O3.HI/c1-22(2,3)30-21(29)27-12-10-26(11-13-27)20(23)24-14-17-6-4-5-7-18(17)15-25-9-8-19(28)16-25;/h4-7,19,28H,8-16H2,1-3H3,(H2,23,24);1H. The fourth-order valence-electron chi connectivity index (χ4n) is 3.77. The number of nitrogens with zero attached hydrogens (tertiary/aromatic N) is 4. The first kappa shape index (κ1) is 25.7. The van der Waals surface area contributed by atoms with Crippen LogP contribution in [0.3, 0.4) is 0 Å². The molecule has 0 spiro atoms.